The van der Waals surface area contributed by atoms with Crippen molar-refractivity contribution >= 4 is 11.8 Å². The predicted octanol–water partition coefficient (Wildman–Crippen LogP) is -0.0721. The molecule has 0 saturated carbocycles. The van der Waals surface area contributed by atoms with Gasteiger partial charge in [-0.1, -0.05) is 0 Å². The number of piperidine rings is 2. The molecule has 0 radical (unpaired) electrons. The molecule has 0 aromatic carbocycles. The summed E-state index contributed by atoms with van der Waals surface area (Å²) in [5, 5.41) is 0. The van der Waals surface area contributed by atoms with Crippen LogP contribution in [0.4, 0.5) is 0 Å². The summed E-state index contributed by atoms with van der Waals surface area (Å²) < 4.78 is 0. The van der Waals surface area contributed by atoms with Crippen LogP contribution in [-0.4, -0.2) is 57.8 Å². The first kappa shape index (κ1) is 16.5. The van der Waals surface area contributed by atoms with Gasteiger partial charge in [-0.15, -0.1) is 0 Å². The second-order valence-electron chi connectivity index (χ2n) is 6.84. The Bertz CT molecular complexity index is 730. The number of aromatic amines is 2. The minimum absolute atomic E-state index is 0.0291. The van der Waals surface area contributed by atoms with Gasteiger partial charge in [-0.3, -0.25) is 19.4 Å². The number of carbonyl (C=O) groups is 2. The van der Waals surface area contributed by atoms with Gasteiger partial charge in [0.05, 0.1) is 0 Å². The van der Waals surface area contributed by atoms with Gasteiger partial charge in [-0.05, 0) is 31.1 Å². The highest BCUT2D eigenvalue weighted by Gasteiger charge is 2.40. The number of aromatic nitrogens is 2. The van der Waals surface area contributed by atoms with Gasteiger partial charge in [0.15, 0.2) is 0 Å². The zero-order valence-corrected chi connectivity index (χ0v) is 13.8. The Balaban J connectivity index is 1.74. The molecule has 2 fully saturated rings. The molecule has 1 spiro atoms. The summed E-state index contributed by atoms with van der Waals surface area (Å²) in [7, 11) is 0. The highest BCUT2D eigenvalue weighted by molar-refractivity contribution is 5.92. The van der Waals surface area contributed by atoms with Crippen LogP contribution in [0.1, 0.15) is 43.1 Å². The molecule has 0 bridgehead atoms. The molecular weight excluding hydrogens is 312 g/mol. The lowest BCUT2D eigenvalue weighted by atomic mass is 9.72. The van der Waals surface area contributed by atoms with E-state index in [-0.39, 0.29) is 22.9 Å². The molecule has 2 aliphatic heterocycles. The van der Waals surface area contributed by atoms with Crippen LogP contribution in [0.15, 0.2) is 15.7 Å². The quantitative estimate of drug-likeness (QED) is 0.749. The number of rotatable bonds is 1. The largest absolute Gasteiger partial charge is 0.343 e. The Morgan fingerprint density at radius 1 is 1.04 bits per heavy atom. The third kappa shape index (κ3) is 3.27. The smallest absolute Gasteiger partial charge is 0.326 e. The van der Waals surface area contributed by atoms with Crippen molar-refractivity contribution in [3.05, 3.63) is 32.6 Å². The van der Waals surface area contributed by atoms with Gasteiger partial charge in [-0.2, -0.15) is 0 Å². The molecule has 2 N–H and O–H groups in total. The van der Waals surface area contributed by atoms with Crippen LogP contribution in [0.3, 0.4) is 0 Å². The molecule has 0 aliphatic carbocycles. The van der Waals surface area contributed by atoms with Gasteiger partial charge >= 0.3 is 5.69 Å². The minimum Gasteiger partial charge on any atom is -0.343 e. The van der Waals surface area contributed by atoms with Gasteiger partial charge in [-0.25, -0.2) is 4.79 Å². The summed E-state index contributed by atoms with van der Waals surface area (Å²) in [6.45, 7) is 4.24. The topological polar surface area (TPSA) is 106 Å². The van der Waals surface area contributed by atoms with Gasteiger partial charge in [0.2, 0.25) is 5.91 Å². The van der Waals surface area contributed by atoms with Crippen LogP contribution in [0.5, 0.6) is 0 Å². The predicted molar refractivity (Wildman–Crippen MR) is 86.7 cm³/mol. The fourth-order valence-corrected chi connectivity index (χ4v) is 3.84. The Hall–Kier alpha value is -2.38. The molecule has 24 heavy (non-hydrogen) atoms. The monoisotopic (exact) mass is 334 g/mol. The summed E-state index contributed by atoms with van der Waals surface area (Å²) in [5.74, 6) is -0.221. The van der Waals surface area contributed by atoms with E-state index in [0.29, 0.717) is 13.1 Å². The van der Waals surface area contributed by atoms with E-state index in [2.05, 4.69) is 9.97 Å². The second kappa shape index (κ2) is 6.26. The van der Waals surface area contributed by atoms with Crippen molar-refractivity contribution < 1.29 is 9.59 Å². The number of carbonyl (C=O) groups excluding carboxylic acids is 2. The highest BCUT2D eigenvalue weighted by atomic mass is 16.2. The lowest BCUT2D eigenvalue weighted by Gasteiger charge is -2.47. The molecule has 2 saturated heterocycles. The van der Waals surface area contributed by atoms with Gasteiger partial charge in [0, 0.05) is 39.2 Å². The zero-order valence-electron chi connectivity index (χ0n) is 13.8. The number of amides is 2. The third-order valence-corrected chi connectivity index (χ3v) is 5.21. The highest BCUT2D eigenvalue weighted by Crippen LogP contribution is 2.40. The van der Waals surface area contributed by atoms with Crippen LogP contribution >= 0.6 is 0 Å². The Morgan fingerprint density at radius 3 is 2.38 bits per heavy atom. The van der Waals surface area contributed by atoms with Crippen molar-refractivity contribution in [1.82, 2.24) is 19.8 Å². The maximum Gasteiger partial charge on any atom is 0.326 e. The van der Waals surface area contributed by atoms with Crippen molar-refractivity contribution in [3.8, 4) is 0 Å². The van der Waals surface area contributed by atoms with E-state index >= 15 is 0 Å². The van der Waals surface area contributed by atoms with Gasteiger partial charge < -0.3 is 14.8 Å². The van der Waals surface area contributed by atoms with Crippen LogP contribution < -0.4 is 11.2 Å². The van der Waals surface area contributed by atoms with E-state index in [1.807, 2.05) is 4.90 Å². The molecule has 1 aromatic heterocycles. The van der Waals surface area contributed by atoms with E-state index in [0.717, 1.165) is 44.8 Å². The third-order valence-electron chi connectivity index (χ3n) is 5.21. The van der Waals surface area contributed by atoms with Crippen LogP contribution in [-0.2, 0) is 4.79 Å². The Labute approximate surface area is 138 Å². The molecule has 1 aromatic rings. The molecule has 0 atom stereocenters. The number of likely N-dealkylation sites (tertiary alicyclic amines) is 2. The van der Waals surface area contributed by atoms with Crippen molar-refractivity contribution in [2.75, 3.05) is 26.2 Å². The van der Waals surface area contributed by atoms with Crippen LogP contribution in [0.25, 0.3) is 0 Å². The number of H-pyrrole nitrogens is 2. The summed E-state index contributed by atoms with van der Waals surface area (Å²) >= 11 is 0. The van der Waals surface area contributed by atoms with Gasteiger partial charge in [0.1, 0.15) is 5.69 Å². The van der Waals surface area contributed by atoms with E-state index in [9.17, 15) is 19.2 Å². The summed E-state index contributed by atoms with van der Waals surface area (Å²) in [6.07, 6.45) is 3.68. The van der Waals surface area contributed by atoms with E-state index in [1.165, 1.54) is 0 Å². The molecule has 2 aliphatic rings. The van der Waals surface area contributed by atoms with E-state index < -0.39 is 11.2 Å². The normalized spacial score (nSPS) is 20.2. The molecule has 2 amide bonds. The van der Waals surface area contributed by atoms with Crippen molar-refractivity contribution in [2.45, 2.75) is 32.6 Å². The molecule has 8 heteroatoms. The summed E-state index contributed by atoms with van der Waals surface area (Å²) in [6, 6.07) is 1.13. The first-order valence-corrected chi connectivity index (χ1v) is 8.27. The SMILES string of the molecule is CC(=O)N1CCC2(CCCN(C(=O)c3cc(=O)[nH]c(=O)[nH]3)C2)CC1. The molecule has 3 heterocycles. The number of nitrogens with one attached hydrogen (secondary N) is 2. The van der Waals surface area contributed by atoms with E-state index in [4.69, 9.17) is 0 Å². The van der Waals surface area contributed by atoms with Crippen molar-refractivity contribution in [1.29, 1.82) is 0 Å². The van der Waals surface area contributed by atoms with Crippen molar-refractivity contribution in [2.24, 2.45) is 5.41 Å². The molecular formula is C16H22N4O4. The van der Waals surface area contributed by atoms with Crippen LogP contribution in [0, 0.1) is 5.41 Å². The Morgan fingerprint density at radius 2 is 1.75 bits per heavy atom. The van der Waals surface area contributed by atoms with Crippen LogP contribution in [0.2, 0.25) is 0 Å². The second-order valence-corrected chi connectivity index (χ2v) is 6.84. The summed E-state index contributed by atoms with van der Waals surface area (Å²) in [5.41, 5.74) is -1.20. The minimum atomic E-state index is -0.674. The number of nitrogens with zero attached hydrogens (tertiary/aromatic N) is 2. The summed E-state index contributed by atoms with van der Waals surface area (Å²) in [4.78, 5) is 54.9. The average Bonchev–Trinajstić information content (AvgIpc) is 2.53. The first-order chi connectivity index (χ1) is 11.4. The lowest BCUT2D eigenvalue weighted by Crippen LogP contribution is -2.52. The zero-order chi connectivity index (χ0) is 17.3. The molecule has 130 valence electrons. The Kier molecular flexibility index (Phi) is 4.29. The maximum absolute atomic E-state index is 12.6. The lowest BCUT2D eigenvalue weighted by molar-refractivity contribution is -0.131. The first-order valence-electron chi connectivity index (χ1n) is 8.27. The fraction of sp³-hybridized carbons (Fsp3) is 0.625. The maximum atomic E-state index is 12.6. The average molecular weight is 334 g/mol. The van der Waals surface area contributed by atoms with Crippen molar-refractivity contribution in [3.63, 3.8) is 0 Å². The van der Waals surface area contributed by atoms with E-state index in [1.54, 1.807) is 11.8 Å². The number of hydrogen-bond donors (Lipinski definition) is 2. The molecule has 0 unspecified atom stereocenters. The fourth-order valence-electron chi connectivity index (χ4n) is 3.84. The number of hydrogen-bond acceptors (Lipinski definition) is 4. The molecule has 3 rings (SSSR count). The molecule has 8 nitrogen and oxygen atoms in total. The standard InChI is InChI=1S/C16H22N4O4/c1-11(21)19-7-4-16(5-8-19)3-2-6-20(10-16)14(23)12-9-13(22)18-15(24)17-12/h9H,2-8,10H2,1H3,(H2,17,18,22,24). The van der Waals surface area contributed by atoms with Gasteiger partial charge in [0.25, 0.3) is 11.5 Å².